The third kappa shape index (κ3) is 3.27. The van der Waals surface area contributed by atoms with Crippen LogP contribution in [0.3, 0.4) is 0 Å². The molecule has 20 heavy (non-hydrogen) atoms. The van der Waals surface area contributed by atoms with Gasteiger partial charge in [0, 0.05) is 28.9 Å². The highest BCUT2D eigenvalue weighted by atomic mass is 16.3. The molecular weight excluding hydrogens is 252 g/mol. The van der Waals surface area contributed by atoms with Gasteiger partial charge in [-0.25, -0.2) is 0 Å². The number of anilines is 1. The van der Waals surface area contributed by atoms with Crippen LogP contribution in [0.15, 0.2) is 36.4 Å². The van der Waals surface area contributed by atoms with Crippen molar-refractivity contribution in [2.45, 2.75) is 26.3 Å². The fourth-order valence-electron chi connectivity index (χ4n) is 2.30. The first-order valence-corrected chi connectivity index (χ1v) is 6.85. The van der Waals surface area contributed by atoms with Crippen molar-refractivity contribution < 1.29 is 9.90 Å². The van der Waals surface area contributed by atoms with E-state index in [1.807, 2.05) is 38.1 Å². The third-order valence-electron chi connectivity index (χ3n) is 3.22. The van der Waals surface area contributed by atoms with Gasteiger partial charge in [-0.2, -0.15) is 0 Å². The van der Waals surface area contributed by atoms with Gasteiger partial charge in [0.1, 0.15) is 5.75 Å². The zero-order chi connectivity index (χ0) is 14.5. The minimum Gasteiger partial charge on any atom is -0.507 e. The van der Waals surface area contributed by atoms with Gasteiger partial charge in [-0.05, 0) is 25.6 Å². The van der Waals surface area contributed by atoms with Crippen molar-refractivity contribution in [3.63, 3.8) is 0 Å². The molecule has 0 saturated carbocycles. The molecule has 106 valence electrons. The second kappa shape index (κ2) is 6.39. The lowest BCUT2D eigenvalue weighted by Gasteiger charge is -2.13. The van der Waals surface area contributed by atoms with Crippen molar-refractivity contribution in [2.75, 3.05) is 11.9 Å². The van der Waals surface area contributed by atoms with E-state index < -0.39 is 0 Å². The minimum absolute atomic E-state index is 0.0331. The summed E-state index contributed by atoms with van der Waals surface area (Å²) in [5.41, 5.74) is 0.729. The maximum Gasteiger partial charge on any atom is 0.225 e. The molecule has 0 aliphatic rings. The Morgan fingerprint density at radius 1 is 1.20 bits per heavy atom. The highest BCUT2D eigenvalue weighted by molar-refractivity contribution is 6.03. The topological polar surface area (TPSA) is 61.4 Å². The quantitative estimate of drug-likeness (QED) is 0.784. The summed E-state index contributed by atoms with van der Waals surface area (Å²) >= 11 is 0. The van der Waals surface area contributed by atoms with Gasteiger partial charge >= 0.3 is 0 Å². The molecule has 0 aliphatic heterocycles. The van der Waals surface area contributed by atoms with Crippen LogP contribution >= 0.6 is 0 Å². The van der Waals surface area contributed by atoms with Crippen molar-refractivity contribution in [3.8, 4) is 5.75 Å². The first-order valence-electron chi connectivity index (χ1n) is 6.85. The first kappa shape index (κ1) is 14.3. The highest BCUT2D eigenvalue weighted by Crippen LogP contribution is 2.29. The number of carbonyl (C=O) groups excluding carboxylic acids is 1. The molecule has 0 saturated heterocycles. The Kier molecular flexibility index (Phi) is 4.58. The van der Waals surface area contributed by atoms with E-state index in [4.69, 9.17) is 0 Å². The Morgan fingerprint density at radius 3 is 2.65 bits per heavy atom. The number of fused-ring (bicyclic) bond motifs is 1. The SMILES string of the molecule is CCNC(C)CC(=O)Nc1cccc2c(O)cccc12. The number of nitrogens with one attached hydrogen (secondary N) is 2. The molecule has 0 bridgehead atoms. The highest BCUT2D eigenvalue weighted by Gasteiger charge is 2.10. The predicted octanol–water partition coefficient (Wildman–Crippen LogP) is 2.87. The Hall–Kier alpha value is -2.07. The Balaban J connectivity index is 2.18. The van der Waals surface area contributed by atoms with Crippen LogP contribution in [0.1, 0.15) is 20.3 Å². The van der Waals surface area contributed by atoms with Gasteiger partial charge in [0.15, 0.2) is 0 Å². The van der Waals surface area contributed by atoms with E-state index in [2.05, 4.69) is 10.6 Å². The Labute approximate surface area is 118 Å². The number of hydrogen-bond acceptors (Lipinski definition) is 3. The third-order valence-corrected chi connectivity index (χ3v) is 3.22. The Bertz CT molecular complexity index is 610. The summed E-state index contributed by atoms with van der Waals surface area (Å²) in [5, 5.41) is 17.5. The second-order valence-corrected chi connectivity index (χ2v) is 4.89. The molecule has 0 heterocycles. The summed E-state index contributed by atoms with van der Waals surface area (Å²) in [6, 6.07) is 10.9. The van der Waals surface area contributed by atoms with Crippen LogP contribution in [0.5, 0.6) is 5.75 Å². The van der Waals surface area contributed by atoms with Crippen molar-refractivity contribution >= 4 is 22.4 Å². The van der Waals surface area contributed by atoms with E-state index in [0.717, 1.165) is 23.0 Å². The van der Waals surface area contributed by atoms with Crippen LogP contribution in [-0.4, -0.2) is 23.6 Å². The van der Waals surface area contributed by atoms with Crippen molar-refractivity contribution in [2.24, 2.45) is 0 Å². The fourth-order valence-corrected chi connectivity index (χ4v) is 2.30. The standard InChI is InChI=1S/C16H20N2O2/c1-3-17-11(2)10-16(20)18-14-8-4-7-13-12(14)6-5-9-15(13)19/h4-9,11,17,19H,3,10H2,1-2H3,(H,18,20). The second-order valence-electron chi connectivity index (χ2n) is 4.89. The molecule has 0 spiro atoms. The van der Waals surface area contributed by atoms with E-state index >= 15 is 0 Å². The number of hydrogen-bond donors (Lipinski definition) is 3. The normalized spacial score (nSPS) is 12.3. The van der Waals surface area contributed by atoms with Gasteiger partial charge < -0.3 is 15.7 Å². The lowest BCUT2D eigenvalue weighted by molar-refractivity contribution is -0.116. The smallest absolute Gasteiger partial charge is 0.225 e. The lowest BCUT2D eigenvalue weighted by atomic mass is 10.1. The van der Waals surface area contributed by atoms with E-state index in [1.165, 1.54) is 0 Å². The zero-order valence-electron chi connectivity index (χ0n) is 11.8. The molecule has 1 unspecified atom stereocenters. The molecule has 1 atom stereocenters. The van der Waals surface area contributed by atoms with E-state index in [-0.39, 0.29) is 17.7 Å². The van der Waals surface area contributed by atoms with Crippen LogP contribution in [-0.2, 0) is 4.79 Å². The number of phenolic OH excluding ortho intramolecular Hbond substituents is 1. The predicted molar refractivity (Wildman–Crippen MR) is 82.0 cm³/mol. The van der Waals surface area contributed by atoms with E-state index in [0.29, 0.717) is 6.42 Å². The lowest BCUT2D eigenvalue weighted by Crippen LogP contribution is -2.30. The van der Waals surface area contributed by atoms with E-state index in [1.54, 1.807) is 12.1 Å². The zero-order valence-corrected chi connectivity index (χ0v) is 11.8. The number of rotatable bonds is 5. The average Bonchev–Trinajstić information content (AvgIpc) is 2.40. The van der Waals surface area contributed by atoms with Crippen LogP contribution in [0.2, 0.25) is 0 Å². The summed E-state index contributed by atoms with van der Waals surface area (Å²) in [5.74, 6) is 0.189. The summed E-state index contributed by atoms with van der Waals surface area (Å²) in [7, 11) is 0. The van der Waals surface area contributed by atoms with Crippen molar-refractivity contribution in [1.29, 1.82) is 0 Å². The number of phenols is 1. The van der Waals surface area contributed by atoms with Gasteiger partial charge in [0.05, 0.1) is 0 Å². The molecule has 2 aromatic rings. The molecule has 0 radical (unpaired) electrons. The molecular formula is C16H20N2O2. The molecule has 2 aromatic carbocycles. The summed E-state index contributed by atoms with van der Waals surface area (Å²) in [6.07, 6.45) is 0.420. The molecule has 4 heteroatoms. The molecule has 0 aromatic heterocycles. The van der Waals surface area contributed by atoms with Crippen LogP contribution in [0.4, 0.5) is 5.69 Å². The molecule has 2 rings (SSSR count). The van der Waals surface area contributed by atoms with Gasteiger partial charge in [0.2, 0.25) is 5.91 Å². The number of benzene rings is 2. The minimum atomic E-state index is -0.0331. The van der Waals surface area contributed by atoms with Gasteiger partial charge in [-0.1, -0.05) is 31.2 Å². The molecule has 3 N–H and O–H groups in total. The van der Waals surface area contributed by atoms with Crippen LogP contribution in [0, 0.1) is 0 Å². The first-order chi connectivity index (χ1) is 9.61. The largest absolute Gasteiger partial charge is 0.507 e. The maximum atomic E-state index is 12.0. The molecule has 0 aliphatic carbocycles. The van der Waals surface area contributed by atoms with Crippen LogP contribution < -0.4 is 10.6 Å². The number of amides is 1. The van der Waals surface area contributed by atoms with E-state index in [9.17, 15) is 9.90 Å². The maximum absolute atomic E-state index is 12.0. The van der Waals surface area contributed by atoms with Crippen molar-refractivity contribution in [1.82, 2.24) is 5.32 Å². The van der Waals surface area contributed by atoms with Gasteiger partial charge in [-0.15, -0.1) is 0 Å². The van der Waals surface area contributed by atoms with Crippen LogP contribution in [0.25, 0.3) is 10.8 Å². The van der Waals surface area contributed by atoms with Crippen molar-refractivity contribution in [3.05, 3.63) is 36.4 Å². The number of aromatic hydroxyl groups is 1. The summed E-state index contributed by atoms with van der Waals surface area (Å²) in [6.45, 7) is 4.84. The summed E-state index contributed by atoms with van der Waals surface area (Å²) in [4.78, 5) is 12.0. The monoisotopic (exact) mass is 272 g/mol. The van der Waals surface area contributed by atoms with Gasteiger partial charge in [-0.3, -0.25) is 4.79 Å². The van der Waals surface area contributed by atoms with Gasteiger partial charge in [0.25, 0.3) is 0 Å². The Morgan fingerprint density at radius 2 is 1.90 bits per heavy atom. The molecule has 1 amide bonds. The summed E-state index contributed by atoms with van der Waals surface area (Å²) < 4.78 is 0. The molecule has 0 fully saturated rings. The molecule has 4 nitrogen and oxygen atoms in total. The fraction of sp³-hybridized carbons (Fsp3) is 0.312. The average molecular weight is 272 g/mol. The number of carbonyl (C=O) groups is 1.